The fraction of sp³-hybridized carbons (Fsp3) is 0.357. The van der Waals surface area contributed by atoms with Crippen LogP contribution < -0.4 is 15.8 Å². The average Bonchev–Trinajstić information content (AvgIpc) is 2.93. The summed E-state index contributed by atoms with van der Waals surface area (Å²) in [5.74, 6) is 0.562. The van der Waals surface area contributed by atoms with Gasteiger partial charge in [0, 0.05) is 6.04 Å². The van der Waals surface area contributed by atoms with Gasteiger partial charge in [0.1, 0.15) is 12.1 Å². The number of methoxy groups -OCH3 is 1. The number of hydrogen-bond donors (Lipinski definition) is 2. The first-order valence-corrected chi connectivity index (χ1v) is 6.71. The first kappa shape index (κ1) is 13.4. The standard InChI is InChI=1S/C14H17N5O2/c1-8-11(13(15)20)12(19-14(18-8)16-7-17-19)9-4-3-5-10(6-9)21-2/h3-8,11-12H,1-2H3,(H2,15,20)(H,16,17,18)/t8-,11+,12-/m0/s1. The summed E-state index contributed by atoms with van der Waals surface area (Å²) in [6, 6.07) is 7.14. The largest absolute Gasteiger partial charge is 0.497 e. The Morgan fingerprint density at radius 1 is 1.48 bits per heavy atom. The summed E-state index contributed by atoms with van der Waals surface area (Å²) in [5.41, 5.74) is 6.53. The van der Waals surface area contributed by atoms with E-state index >= 15 is 0 Å². The van der Waals surface area contributed by atoms with Gasteiger partial charge in [0.15, 0.2) is 0 Å². The smallest absolute Gasteiger partial charge is 0.225 e. The number of rotatable bonds is 3. The zero-order valence-electron chi connectivity index (χ0n) is 11.9. The third-order valence-corrected chi connectivity index (χ3v) is 3.84. The number of hydrogen-bond acceptors (Lipinski definition) is 5. The van der Waals surface area contributed by atoms with Gasteiger partial charge in [-0.1, -0.05) is 12.1 Å². The molecule has 1 aromatic carbocycles. The summed E-state index contributed by atoms with van der Waals surface area (Å²) in [5, 5.41) is 7.39. The van der Waals surface area contributed by atoms with Gasteiger partial charge in [-0.3, -0.25) is 4.79 Å². The number of carbonyl (C=O) groups is 1. The first-order chi connectivity index (χ1) is 10.1. The fourth-order valence-electron chi connectivity index (χ4n) is 2.85. The highest BCUT2D eigenvalue weighted by Gasteiger charge is 2.40. The topological polar surface area (TPSA) is 95.1 Å². The normalized spacial score (nSPS) is 24.0. The van der Waals surface area contributed by atoms with Crippen LogP contribution in [0.1, 0.15) is 18.5 Å². The minimum atomic E-state index is -0.425. The third kappa shape index (κ3) is 2.20. The van der Waals surface area contributed by atoms with Gasteiger partial charge in [-0.15, -0.1) is 0 Å². The van der Waals surface area contributed by atoms with Gasteiger partial charge >= 0.3 is 0 Å². The number of anilines is 1. The van der Waals surface area contributed by atoms with Crippen molar-refractivity contribution in [3.63, 3.8) is 0 Å². The van der Waals surface area contributed by atoms with Gasteiger partial charge in [0.25, 0.3) is 0 Å². The maximum Gasteiger partial charge on any atom is 0.225 e. The molecule has 2 aromatic rings. The number of nitrogens with one attached hydrogen (secondary N) is 1. The van der Waals surface area contributed by atoms with E-state index < -0.39 is 5.92 Å². The second-order valence-electron chi connectivity index (χ2n) is 5.11. The molecule has 7 heteroatoms. The number of nitrogens with zero attached hydrogens (tertiary/aromatic N) is 3. The summed E-state index contributed by atoms with van der Waals surface area (Å²) in [7, 11) is 1.61. The van der Waals surface area contributed by atoms with Crippen molar-refractivity contribution in [3.05, 3.63) is 36.2 Å². The highest BCUT2D eigenvalue weighted by atomic mass is 16.5. The van der Waals surface area contributed by atoms with Crippen LogP contribution in [0.4, 0.5) is 5.95 Å². The molecule has 110 valence electrons. The predicted molar refractivity (Wildman–Crippen MR) is 76.9 cm³/mol. The Morgan fingerprint density at radius 3 is 3.00 bits per heavy atom. The zero-order chi connectivity index (χ0) is 15.0. The molecule has 0 bridgehead atoms. The van der Waals surface area contributed by atoms with Crippen LogP contribution in [0.25, 0.3) is 0 Å². The lowest BCUT2D eigenvalue weighted by molar-refractivity contribution is -0.123. The molecule has 0 unspecified atom stereocenters. The maximum absolute atomic E-state index is 11.9. The molecule has 3 atom stereocenters. The van der Waals surface area contributed by atoms with Crippen LogP contribution in [0.15, 0.2) is 30.6 Å². The Balaban J connectivity index is 2.13. The molecule has 3 N–H and O–H groups in total. The summed E-state index contributed by atoms with van der Waals surface area (Å²) in [6.45, 7) is 1.92. The van der Waals surface area contributed by atoms with Crippen molar-refractivity contribution in [2.75, 3.05) is 12.4 Å². The van der Waals surface area contributed by atoms with E-state index in [2.05, 4.69) is 15.4 Å². The average molecular weight is 287 g/mol. The quantitative estimate of drug-likeness (QED) is 0.870. The van der Waals surface area contributed by atoms with Gasteiger partial charge in [-0.2, -0.15) is 10.1 Å². The lowest BCUT2D eigenvalue weighted by Crippen LogP contribution is -2.47. The number of fused-ring (bicyclic) bond motifs is 1. The lowest BCUT2D eigenvalue weighted by Gasteiger charge is -2.36. The SMILES string of the molecule is COc1cccc([C@H]2[C@H](C(N)=O)[C@H](C)Nc3ncnn32)c1. The first-order valence-electron chi connectivity index (χ1n) is 6.71. The molecule has 1 amide bonds. The molecular formula is C14H17N5O2. The molecule has 0 spiro atoms. The van der Waals surface area contributed by atoms with Crippen molar-refractivity contribution in [3.8, 4) is 5.75 Å². The van der Waals surface area contributed by atoms with Crippen LogP contribution in [-0.2, 0) is 4.79 Å². The number of benzene rings is 1. The Morgan fingerprint density at radius 2 is 2.29 bits per heavy atom. The minimum absolute atomic E-state index is 0.129. The Hall–Kier alpha value is -2.57. The van der Waals surface area contributed by atoms with E-state index in [0.717, 1.165) is 11.3 Å². The van der Waals surface area contributed by atoms with Crippen molar-refractivity contribution >= 4 is 11.9 Å². The van der Waals surface area contributed by atoms with Crippen LogP contribution in [0.2, 0.25) is 0 Å². The molecule has 0 saturated carbocycles. The van der Waals surface area contributed by atoms with E-state index in [-0.39, 0.29) is 18.0 Å². The van der Waals surface area contributed by atoms with Crippen molar-refractivity contribution in [1.29, 1.82) is 0 Å². The van der Waals surface area contributed by atoms with Gasteiger partial charge in [0.05, 0.1) is 19.1 Å². The van der Waals surface area contributed by atoms with Gasteiger partial charge in [-0.25, -0.2) is 4.68 Å². The van der Waals surface area contributed by atoms with Crippen molar-refractivity contribution in [1.82, 2.24) is 14.8 Å². The Kier molecular flexibility index (Phi) is 3.25. The summed E-state index contributed by atoms with van der Waals surface area (Å²) < 4.78 is 6.96. The van der Waals surface area contributed by atoms with E-state index in [1.165, 1.54) is 6.33 Å². The molecule has 0 fully saturated rings. The van der Waals surface area contributed by atoms with E-state index in [4.69, 9.17) is 10.5 Å². The van der Waals surface area contributed by atoms with Crippen LogP contribution in [0, 0.1) is 5.92 Å². The van der Waals surface area contributed by atoms with Gasteiger partial charge in [-0.05, 0) is 24.6 Å². The number of carbonyl (C=O) groups excluding carboxylic acids is 1. The van der Waals surface area contributed by atoms with E-state index in [1.54, 1.807) is 11.8 Å². The van der Waals surface area contributed by atoms with Crippen LogP contribution in [-0.4, -0.2) is 33.8 Å². The van der Waals surface area contributed by atoms with Crippen molar-refractivity contribution < 1.29 is 9.53 Å². The number of nitrogens with two attached hydrogens (primary N) is 1. The molecule has 21 heavy (non-hydrogen) atoms. The van der Waals surface area contributed by atoms with Gasteiger partial charge in [0.2, 0.25) is 11.9 Å². The van der Waals surface area contributed by atoms with E-state index in [9.17, 15) is 4.79 Å². The molecule has 1 aliphatic heterocycles. The molecule has 7 nitrogen and oxygen atoms in total. The number of amides is 1. The van der Waals surface area contributed by atoms with E-state index in [1.807, 2.05) is 31.2 Å². The predicted octanol–water partition coefficient (Wildman–Crippen LogP) is 0.792. The molecule has 2 heterocycles. The summed E-state index contributed by atoms with van der Waals surface area (Å²) >= 11 is 0. The lowest BCUT2D eigenvalue weighted by atomic mass is 9.85. The van der Waals surface area contributed by atoms with Crippen molar-refractivity contribution in [2.45, 2.75) is 19.0 Å². The molecule has 1 aliphatic rings. The number of ether oxygens (including phenoxy) is 1. The molecule has 0 aliphatic carbocycles. The number of aromatic nitrogens is 3. The fourth-order valence-corrected chi connectivity index (χ4v) is 2.85. The summed E-state index contributed by atoms with van der Waals surface area (Å²) in [6.07, 6.45) is 1.46. The summed E-state index contributed by atoms with van der Waals surface area (Å²) in [4.78, 5) is 16.1. The Bertz CT molecular complexity index is 669. The molecular weight excluding hydrogens is 270 g/mol. The monoisotopic (exact) mass is 287 g/mol. The Labute approximate surface area is 122 Å². The number of primary amides is 1. The molecule has 1 aromatic heterocycles. The zero-order valence-corrected chi connectivity index (χ0v) is 11.9. The molecule has 0 radical (unpaired) electrons. The second-order valence-corrected chi connectivity index (χ2v) is 5.11. The van der Waals surface area contributed by atoms with Crippen molar-refractivity contribution in [2.24, 2.45) is 11.7 Å². The van der Waals surface area contributed by atoms with Crippen LogP contribution in [0.3, 0.4) is 0 Å². The second kappa shape index (κ2) is 5.08. The van der Waals surface area contributed by atoms with Crippen LogP contribution >= 0.6 is 0 Å². The third-order valence-electron chi connectivity index (χ3n) is 3.84. The molecule has 0 saturated heterocycles. The maximum atomic E-state index is 11.9. The highest BCUT2D eigenvalue weighted by molar-refractivity contribution is 5.79. The van der Waals surface area contributed by atoms with E-state index in [0.29, 0.717) is 5.95 Å². The molecule has 3 rings (SSSR count). The highest BCUT2D eigenvalue weighted by Crippen LogP contribution is 2.36. The van der Waals surface area contributed by atoms with Crippen LogP contribution in [0.5, 0.6) is 5.75 Å². The van der Waals surface area contributed by atoms with Gasteiger partial charge < -0.3 is 15.8 Å². The minimum Gasteiger partial charge on any atom is -0.497 e.